The van der Waals surface area contributed by atoms with E-state index in [1.165, 1.54) is 0 Å². The van der Waals surface area contributed by atoms with Crippen molar-refractivity contribution in [1.82, 2.24) is 0 Å². The molecule has 1 heterocycles. The smallest absolute Gasteiger partial charge is 0.338 e. The molecule has 0 bridgehead atoms. The monoisotopic (exact) mass is 358 g/mol. The van der Waals surface area contributed by atoms with Crippen molar-refractivity contribution in [3.05, 3.63) is 71.8 Å². The molecule has 2 unspecified atom stereocenters. The van der Waals surface area contributed by atoms with Gasteiger partial charge in [0.15, 0.2) is 12.4 Å². The van der Waals surface area contributed by atoms with Crippen LogP contribution in [0.3, 0.4) is 0 Å². The van der Waals surface area contributed by atoms with Crippen molar-refractivity contribution in [2.75, 3.05) is 6.61 Å². The lowest BCUT2D eigenvalue weighted by Crippen LogP contribution is -2.39. The fourth-order valence-corrected chi connectivity index (χ4v) is 2.58. The number of rotatable bonds is 5. The third kappa shape index (κ3) is 4.08. The van der Waals surface area contributed by atoms with Crippen LogP contribution in [-0.2, 0) is 14.2 Å². The number of esters is 2. The van der Waals surface area contributed by atoms with Crippen molar-refractivity contribution in [2.45, 2.75) is 24.6 Å². The van der Waals surface area contributed by atoms with Gasteiger partial charge in [-0.05, 0) is 24.3 Å². The molecule has 1 fully saturated rings. The lowest BCUT2D eigenvalue weighted by molar-refractivity contribution is -0.133. The minimum Gasteiger partial charge on any atom is -0.459 e. The van der Waals surface area contributed by atoms with Gasteiger partial charge < -0.3 is 24.4 Å². The fourth-order valence-electron chi connectivity index (χ4n) is 2.58. The van der Waals surface area contributed by atoms with Crippen LogP contribution in [0.2, 0.25) is 0 Å². The maximum atomic E-state index is 12.2. The van der Waals surface area contributed by atoms with E-state index >= 15 is 0 Å². The van der Waals surface area contributed by atoms with Crippen LogP contribution >= 0.6 is 0 Å². The summed E-state index contributed by atoms with van der Waals surface area (Å²) < 4.78 is 15.6. The normalized spacial score (nSPS) is 24.8. The van der Waals surface area contributed by atoms with Gasteiger partial charge in [0.1, 0.15) is 18.8 Å². The van der Waals surface area contributed by atoms with E-state index in [2.05, 4.69) is 0 Å². The Hall–Kier alpha value is -2.74. The van der Waals surface area contributed by atoms with E-state index in [9.17, 15) is 19.8 Å². The van der Waals surface area contributed by atoms with Crippen LogP contribution in [0.15, 0.2) is 60.7 Å². The number of aliphatic hydroxyl groups is 2. The molecule has 0 amide bonds. The van der Waals surface area contributed by atoms with Gasteiger partial charge in [-0.15, -0.1) is 0 Å². The maximum absolute atomic E-state index is 12.2. The quantitative estimate of drug-likeness (QED) is 0.773. The molecule has 0 saturated carbocycles. The molecular formula is C19H18O7. The fraction of sp³-hybridized carbons (Fsp3) is 0.263. The first-order valence-electron chi connectivity index (χ1n) is 8.06. The SMILES string of the molecule is O=C(OC[C@@H]1O[C@@H](O)C(O)C1OC(=O)c1ccccc1)c1ccccc1. The average Bonchev–Trinajstić information content (AvgIpc) is 2.95. The second kappa shape index (κ2) is 8.09. The summed E-state index contributed by atoms with van der Waals surface area (Å²) in [5, 5.41) is 19.7. The highest BCUT2D eigenvalue weighted by molar-refractivity contribution is 5.90. The lowest BCUT2D eigenvalue weighted by Gasteiger charge is -2.20. The van der Waals surface area contributed by atoms with E-state index in [1.807, 2.05) is 0 Å². The molecule has 4 atom stereocenters. The Labute approximate surface area is 149 Å². The summed E-state index contributed by atoms with van der Waals surface area (Å²) in [5.41, 5.74) is 0.644. The Morgan fingerprint density at radius 2 is 1.42 bits per heavy atom. The second-order valence-corrected chi connectivity index (χ2v) is 5.76. The van der Waals surface area contributed by atoms with Gasteiger partial charge in [0.05, 0.1) is 11.1 Å². The van der Waals surface area contributed by atoms with Gasteiger partial charge in [0.25, 0.3) is 0 Å². The molecule has 1 aliphatic heterocycles. The zero-order valence-electron chi connectivity index (χ0n) is 13.7. The minimum atomic E-state index is -1.54. The first-order valence-corrected chi connectivity index (χ1v) is 8.06. The molecule has 0 aliphatic carbocycles. The van der Waals surface area contributed by atoms with Crippen LogP contribution in [0, 0.1) is 0 Å². The summed E-state index contributed by atoms with van der Waals surface area (Å²) in [6.07, 6.45) is -5.13. The predicted octanol–water partition coefficient (Wildman–Crippen LogP) is 1.15. The summed E-state index contributed by atoms with van der Waals surface area (Å²) >= 11 is 0. The first kappa shape index (κ1) is 18.1. The number of benzene rings is 2. The summed E-state index contributed by atoms with van der Waals surface area (Å²) in [6, 6.07) is 16.6. The second-order valence-electron chi connectivity index (χ2n) is 5.76. The third-order valence-corrected chi connectivity index (χ3v) is 3.95. The van der Waals surface area contributed by atoms with Crippen molar-refractivity contribution >= 4 is 11.9 Å². The van der Waals surface area contributed by atoms with Gasteiger partial charge in [-0.3, -0.25) is 0 Å². The highest BCUT2D eigenvalue weighted by Gasteiger charge is 2.46. The van der Waals surface area contributed by atoms with Crippen molar-refractivity contribution in [2.24, 2.45) is 0 Å². The van der Waals surface area contributed by atoms with E-state index in [4.69, 9.17) is 14.2 Å². The van der Waals surface area contributed by atoms with Crippen molar-refractivity contribution in [1.29, 1.82) is 0 Å². The maximum Gasteiger partial charge on any atom is 0.338 e. The van der Waals surface area contributed by atoms with Gasteiger partial charge in [0, 0.05) is 0 Å². The molecule has 0 spiro atoms. The largest absolute Gasteiger partial charge is 0.459 e. The molecule has 1 aliphatic rings. The molecule has 0 aromatic heterocycles. The van der Waals surface area contributed by atoms with Crippen LogP contribution in [0.25, 0.3) is 0 Å². The van der Waals surface area contributed by atoms with Crippen molar-refractivity contribution < 1.29 is 34.0 Å². The molecule has 3 rings (SSSR count). The zero-order valence-corrected chi connectivity index (χ0v) is 13.7. The zero-order chi connectivity index (χ0) is 18.5. The van der Waals surface area contributed by atoms with Crippen LogP contribution in [0.1, 0.15) is 20.7 Å². The van der Waals surface area contributed by atoms with Crippen LogP contribution in [0.5, 0.6) is 0 Å². The van der Waals surface area contributed by atoms with E-state index < -0.39 is 36.5 Å². The van der Waals surface area contributed by atoms with E-state index in [0.29, 0.717) is 11.1 Å². The summed E-state index contributed by atoms with van der Waals surface area (Å²) in [6.45, 7) is -0.283. The highest BCUT2D eigenvalue weighted by atomic mass is 16.7. The molecule has 7 heteroatoms. The Morgan fingerprint density at radius 1 is 0.885 bits per heavy atom. The molecule has 26 heavy (non-hydrogen) atoms. The number of carbonyl (C=O) groups is 2. The Kier molecular flexibility index (Phi) is 5.62. The standard InChI is InChI=1S/C19H18O7/c20-15-16(26-18(22)13-9-5-2-6-10-13)14(25-19(15)23)11-24-17(21)12-7-3-1-4-8-12/h1-10,14-16,19-20,23H,11H2/t14-,15?,16?,19+/m0/s1. The number of hydrogen-bond donors (Lipinski definition) is 2. The molecular weight excluding hydrogens is 340 g/mol. The molecule has 1 saturated heterocycles. The molecule has 2 N–H and O–H groups in total. The predicted molar refractivity (Wildman–Crippen MR) is 89.3 cm³/mol. The average molecular weight is 358 g/mol. The van der Waals surface area contributed by atoms with Crippen molar-refractivity contribution in [3.8, 4) is 0 Å². The molecule has 0 radical (unpaired) electrons. The Balaban J connectivity index is 1.63. The van der Waals surface area contributed by atoms with Gasteiger partial charge in [-0.2, -0.15) is 0 Å². The lowest BCUT2D eigenvalue weighted by atomic mass is 10.1. The van der Waals surface area contributed by atoms with Gasteiger partial charge in [-0.1, -0.05) is 36.4 Å². The van der Waals surface area contributed by atoms with Crippen LogP contribution in [-0.4, -0.2) is 53.4 Å². The number of hydrogen-bond acceptors (Lipinski definition) is 7. The number of aliphatic hydroxyl groups excluding tert-OH is 2. The summed E-state index contributed by atoms with van der Waals surface area (Å²) in [7, 11) is 0. The topological polar surface area (TPSA) is 102 Å². The van der Waals surface area contributed by atoms with Gasteiger partial charge in [-0.25, -0.2) is 9.59 Å². The minimum absolute atomic E-state index is 0.283. The van der Waals surface area contributed by atoms with Crippen molar-refractivity contribution in [3.63, 3.8) is 0 Å². The number of carbonyl (C=O) groups excluding carboxylic acids is 2. The van der Waals surface area contributed by atoms with Gasteiger partial charge in [0.2, 0.25) is 0 Å². The summed E-state index contributed by atoms with van der Waals surface area (Å²) in [4.78, 5) is 24.2. The van der Waals surface area contributed by atoms with E-state index in [-0.39, 0.29) is 6.61 Å². The van der Waals surface area contributed by atoms with Gasteiger partial charge >= 0.3 is 11.9 Å². The Bertz CT molecular complexity index is 747. The molecule has 2 aromatic rings. The van der Waals surface area contributed by atoms with Crippen LogP contribution in [0.4, 0.5) is 0 Å². The molecule has 7 nitrogen and oxygen atoms in total. The first-order chi connectivity index (χ1) is 12.6. The number of ether oxygens (including phenoxy) is 3. The highest BCUT2D eigenvalue weighted by Crippen LogP contribution is 2.24. The van der Waals surface area contributed by atoms with E-state index in [1.54, 1.807) is 60.7 Å². The third-order valence-electron chi connectivity index (χ3n) is 3.95. The van der Waals surface area contributed by atoms with Crippen LogP contribution < -0.4 is 0 Å². The molecule has 136 valence electrons. The molecule has 2 aromatic carbocycles. The Morgan fingerprint density at radius 3 is 2.00 bits per heavy atom. The summed E-state index contributed by atoms with van der Waals surface area (Å²) in [5.74, 6) is -1.26. The van der Waals surface area contributed by atoms with E-state index in [0.717, 1.165) is 0 Å².